The number of halogens is 1. The monoisotopic (exact) mass is 387 g/mol. The van der Waals surface area contributed by atoms with Crippen LogP contribution in [0.2, 0.25) is 0 Å². The first-order valence-corrected chi connectivity index (χ1v) is 9.09. The molecule has 0 aliphatic heterocycles. The number of fused-ring (bicyclic) bond motifs is 1. The molecular formula is C19H22BrN3O. The van der Waals surface area contributed by atoms with Gasteiger partial charge < -0.3 is 4.84 Å². The molecule has 1 atom stereocenters. The predicted octanol–water partition coefficient (Wildman–Crippen LogP) is 4.87. The Hall–Kier alpha value is -1.75. The lowest BCUT2D eigenvalue weighted by Gasteiger charge is -2.25. The van der Waals surface area contributed by atoms with Gasteiger partial charge in [0.05, 0.1) is 17.1 Å². The van der Waals surface area contributed by atoms with Gasteiger partial charge in [-0.1, -0.05) is 47.1 Å². The molecule has 0 N–H and O–H groups in total. The summed E-state index contributed by atoms with van der Waals surface area (Å²) < 4.78 is 1.05. The SMILES string of the molecule is CO/N=C1/C[C@H](CC(C)C)Cc2nnc(-c3ccc(Br)cc3)cc21. The number of hydrogen-bond acceptors (Lipinski definition) is 4. The van der Waals surface area contributed by atoms with Crippen molar-refractivity contribution in [3.05, 3.63) is 46.1 Å². The zero-order valence-electron chi connectivity index (χ0n) is 14.3. The Labute approximate surface area is 151 Å². The van der Waals surface area contributed by atoms with Crippen molar-refractivity contribution >= 4 is 21.6 Å². The average molecular weight is 388 g/mol. The molecule has 0 saturated heterocycles. The lowest BCUT2D eigenvalue weighted by molar-refractivity contribution is 0.211. The van der Waals surface area contributed by atoms with E-state index in [4.69, 9.17) is 4.84 Å². The maximum atomic E-state index is 5.09. The van der Waals surface area contributed by atoms with Gasteiger partial charge in [-0.2, -0.15) is 10.2 Å². The number of aromatic nitrogens is 2. The molecule has 3 rings (SSSR count). The number of hydrogen-bond donors (Lipinski definition) is 0. The van der Waals surface area contributed by atoms with Crippen molar-refractivity contribution in [1.82, 2.24) is 10.2 Å². The Morgan fingerprint density at radius 3 is 2.62 bits per heavy atom. The first-order chi connectivity index (χ1) is 11.6. The Morgan fingerprint density at radius 1 is 1.21 bits per heavy atom. The van der Waals surface area contributed by atoms with Crippen molar-refractivity contribution in [1.29, 1.82) is 0 Å². The van der Waals surface area contributed by atoms with Gasteiger partial charge >= 0.3 is 0 Å². The topological polar surface area (TPSA) is 47.4 Å². The second-order valence-corrected chi connectivity index (χ2v) is 7.64. The molecule has 24 heavy (non-hydrogen) atoms. The zero-order valence-corrected chi connectivity index (χ0v) is 15.9. The zero-order chi connectivity index (χ0) is 17.1. The highest BCUT2D eigenvalue weighted by atomic mass is 79.9. The van der Waals surface area contributed by atoms with E-state index in [1.54, 1.807) is 7.11 Å². The minimum Gasteiger partial charge on any atom is -0.399 e. The summed E-state index contributed by atoms with van der Waals surface area (Å²) in [5, 5.41) is 13.2. The second kappa shape index (κ2) is 7.43. The molecule has 5 heteroatoms. The van der Waals surface area contributed by atoms with E-state index >= 15 is 0 Å². The molecule has 0 saturated carbocycles. The van der Waals surface area contributed by atoms with Crippen LogP contribution in [0, 0.1) is 11.8 Å². The van der Waals surface area contributed by atoms with Gasteiger partial charge in [0.1, 0.15) is 7.11 Å². The first-order valence-electron chi connectivity index (χ1n) is 8.29. The third kappa shape index (κ3) is 3.83. The fourth-order valence-electron chi connectivity index (χ4n) is 3.34. The maximum absolute atomic E-state index is 5.09. The summed E-state index contributed by atoms with van der Waals surface area (Å²) in [6, 6.07) is 10.2. The highest BCUT2D eigenvalue weighted by Crippen LogP contribution is 2.31. The summed E-state index contributed by atoms with van der Waals surface area (Å²) in [6.07, 6.45) is 3.06. The minimum atomic E-state index is 0.555. The summed E-state index contributed by atoms with van der Waals surface area (Å²) in [5.74, 6) is 1.22. The molecule has 1 aromatic carbocycles. The third-order valence-electron chi connectivity index (χ3n) is 4.29. The van der Waals surface area contributed by atoms with E-state index in [2.05, 4.69) is 51.2 Å². The Morgan fingerprint density at radius 2 is 1.96 bits per heavy atom. The lowest BCUT2D eigenvalue weighted by atomic mass is 9.81. The highest BCUT2D eigenvalue weighted by Gasteiger charge is 2.27. The van der Waals surface area contributed by atoms with Gasteiger partial charge in [0, 0.05) is 15.6 Å². The number of oxime groups is 1. The summed E-state index contributed by atoms with van der Waals surface area (Å²) >= 11 is 3.46. The van der Waals surface area contributed by atoms with Gasteiger partial charge in [-0.25, -0.2) is 0 Å². The van der Waals surface area contributed by atoms with Crippen LogP contribution in [0.15, 0.2) is 40.0 Å². The smallest absolute Gasteiger partial charge is 0.106 e. The normalized spacial score (nSPS) is 18.7. The van der Waals surface area contributed by atoms with E-state index in [1.165, 1.54) is 0 Å². The molecule has 1 aromatic heterocycles. The lowest BCUT2D eigenvalue weighted by Crippen LogP contribution is -2.24. The third-order valence-corrected chi connectivity index (χ3v) is 4.82. The molecule has 1 aliphatic rings. The highest BCUT2D eigenvalue weighted by molar-refractivity contribution is 9.10. The summed E-state index contributed by atoms with van der Waals surface area (Å²) in [4.78, 5) is 5.09. The van der Waals surface area contributed by atoms with Gasteiger partial charge in [-0.05, 0) is 49.3 Å². The largest absolute Gasteiger partial charge is 0.399 e. The van der Waals surface area contributed by atoms with Crippen LogP contribution in [0.3, 0.4) is 0 Å². The van der Waals surface area contributed by atoms with Crippen LogP contribution < -0.4 is 0 Å². The summed E-state index contributed by atoms with van der Waals surface area (Å²) in [6.45, 7) is 4.51. The van der Waals surface area contributed by atoms with Crippen LogP contribution in [0.1, 0.15) is 37.9 Å². The quantitative estimate of drug-likeness (QED) is 0.703. The molecular weight excluding hydrogens is 366 g/mol. The molecule has 0 amide bonds. The van der Waals surface area contributed by atoms with E-state index < -0.39 is 0 Å². The van der Waals surface area contributed by atoms with Crippen LogP contribution in [0.25, 0.3) is 11.3 Å². The molecule has 2 aromatic rings. The fraction of sp³-hybridized carbons (Fsp3) is 0.421. The maximum Gasteiger partial charge on any atom is 0.106 e. The van der Waals surface area contributed by atoms with E-state index in [9.17, 15) is 0 Å². The first kappa shape index (κ1) is 17.1. The molecule has 0 unspecified atom stereocenters. The van der Waals surface area contributed by atoms with Gasteiger partial charge in [0.25, 0.3) is 0 Å². The van der Waals surface area contributed by atoms with Crippen LogP contribution in [-0.4, -0.2) is 23.0 Å². The summed E-state index contributed by atoms with van der Waals surface area (Å²) in [7, 11) is 1.60. The summed E-state index contributed by atoms with van der Waals surface area (Å²) in [5.41, 5.74) is 5.01. The van der Waals surface area contributed by atoms with E-state index in [0.29, 0.717) is 11.8 Å². The Bertz CT molecular complexity index is 741. The van der Waals surface area contributed by atoms with E-state index in [-0.39, 0.29) is 0 Å². The van der Waals surface area contributed by atoms with Gasteiger partial charge in [-0.3, -0.25) is 0 Å². The standard InChI is InChI=1S/C19H22BrN3O/c1-12(2)8-13-9-18-16(19(10-13)23-24-3)11-17(21-22-18)14-4-6-15(20)7-5-14/h4-7,11-13H,8-10H2,1-3H3/b23-19-/t13-/m1/s1. The Balaban J connectivity index is 1.97. The van der Waals surface area contributed by atoms with Gasteiger partial charge in [0.2, 0.25) is 0 Å². The van der Waals surface area contributed by atoms with Crippen molar-refractivity contribution in [2.75, 3.05) is 7.11 Å². The average Bonchev–Trinajstić information content (AvgIpc) is 2.55. The van der Waals surface area contributed by atoms with E-state index in [1.807, 2.05) is 24.3 Å². The molecule has 0 bridgehead atoms. The van der Waals surface area contributed by atoms with Crippen molar-refractivity contribution in [2.45, 2.75) is 33.1 Å². The van der Waals surface area contributed by atoms with Crippen molar-refractivity contribution in [2.24, 2.45) is 17.0 Å². The molecule has 0 fully saturated rings. The molecule has 126 valence electrons. The number of benzene rings is 1. The fourth-order valence-corrected chi connectivity index (χ4v) is 3.60. The van der Waals surface area contributed by atoms with Crippen LogP contribution in [-0.2, 0) is 11.3 Å². The second-order valence-electron chi connectivity index (χ2n) is 6.72. The van der Waals surface area contributed by atoms with Crippen molar-refractivity contribution < 1.29 is 4.84 Å². The molecule has 1 aliphatic carbocycles. The van der Waals surface area contributed by atoms with Gasteiger partial charge in [-0.15, -0.1) is 0 Å². The molecule has 4 nitrogen and oxygen atoms in total. The number of rotatable bonds is 4. The van der Waals surface area contributed by atoms with Crippen molar-refractivity contribution in [3.63, 3.8) is 0 Å². The molecule has 1 heterocycles. The van der Waals surface area contributed by atoms with Gasteiger partial charge in [0.15, 0.2) is 0 Å². The molecule has 0 radical (unpaired) electrons. The molecule has 0 spiro atoms. The van der Waals surface area contributed by atoms with E-state index in [0.717, 1.165) is 52.0 Å². The van der Waals surface area contributed by atoms with Crippen LogP contribution >= 0.6 is 15.9 Å². The van der Waals surface area contributed by atoms with Crippen LogP contribution in [0.4, 0.5) is 0 Å². The Kier molecular flexibility index (Phi) is 5.29. The number of nitrogens with zero attached hydrogens (tertiary/aromatic N) is 3. The predicted molar refractivity (Wildman–Crippen MR) is 100.0 cm³/mol. The van der Waals surface area contributed by atoms with Crippen molar-refractivity contribution in [3.8, 4) is 11.3 Å². The van der Waals surface area contributed by atoms with Crippen LogP contribution in [0.5, 0.6) is 0 Å². The minimum absolute atomic E-state index is 0.555.